The molecule has 0 fully saturated rings. The van der Waals surface area contributed by atoms with E-state index >= 15 is 0 Å². The number of esters is 1. The number of rotatable bonds is 5. The molecule has 3 rings (SSSR count). The highest BCUT2D eigenvalue weighted by atomic mass is 16.6. The number of phenols is 1. The van der Waals surface area contributed by atoms with Gasteiger partial charge < -0.3 is 19.0 Å². The van der Waals surface area contributed by atoms with Gasteiger partial charge in [0, 0.05) is 11.6 Å². The minimum Gasteiger partial charge on any atom is -0.507 e. The summed E-state index contributed by atoms with van der Waals surface area (Å²) in [6.07, 6.45) is -0.765. The molecule has 1 aromatic heterocycles. The maximum absolute atomic E-state index is 12.2. The van der Waals surface area contributed by atoms with Crippen molar-refractivity contribution in [1.29, 1.82) is 0 Å². The lowest BCUT2D eigenvalue weighted by Crippen LogP contribution is -2.10. The van der Waals surface area contributed by atoms with Crippen molar-refractivity contribution >= 4 is 5.97 Å². The molecule has 25 heavy (non-hydrogen) atoms. The van der Waals surface area contributed by atoms with Crippen LogP contribution in [0.15, 0.2) is 52.9 Å². The topological polar surface area (TPSA) is 94.7 Å². The molecule has 0 aliphatic rings. The normalized spacial score (nSPS) is 11.8. The first-order valence-electron chi connectivity index (χ1n) is 7.55. The van der Waals surface area contributed by atoms with Crippen LogP contribution in [0.2, 0.25) is 0 Å². The van der Waals surface area contributed by atoms with Crippen LogP contribution in [0.4, 0.5) is 0 Å². The third-order valence-corrected chi connectivity index (χ3v) is 3.52. The molecule has 0 saturated heterocycles. The molecule has 0 saturated carbocycles. The van der Waals surface area contributed by atoms with Gasteiger partial charge in [-0.2, -0.15) is 0 Å². The Labute approximate surface area is 143 Å². The van der Waals surface area contributed by atoms with E-state index in [4.69, 9.17) is 13.9 Å². The van der Waals surface area contributed by atoms with Crippen molar-refractivity contribution in [1.82, 2.24) is 10.2 Å². The lowest BCUT2D eigenvalue weighted by molar-refractivity contribution is 0.0276. The number of hydrogen-bond donors (Lipinski definition) is 1. The van der Waals surface area contributed by atoms with Gasteiger partial charge in [0.05, 0.1) is 7.11 Å². The molecule has 7 nitrogen and oxygen atoms in total. The average molecular weight is 340 g/mol. The van der Waals surface area contributed by atoms with Crippen molar-refractivity contribution in [3.05, 3.63) is 60.0 Å². The molecule has 0 unspecified atom stereocenters. The van der Waals surface area contributed by atoms with Gasteiger partial charge in [-0.1, -0.05) is 18.2 Å². The van der Waals surface area contributed by atoms with Crippen molar-refractivity contribution < 1.29 is 23.8 Å². The Hall–Kier alpha value is -3.35. The van der Waals surface area contributed by atoms with Crippen LogP contribution in [0, 0.1) is 0 Å². The number of carbonyl (C=O) groups excluding carboxylic acids is 1. The van der Waals surface area contributed by atoms with E-state index in [9.17, 15) is 9.90 Å². The fourth-order valence-corrected chi connectivity index (χ4v) is 2.18. The van der Waals surface area contributed by atoms with E-state index in [0.29, 0.717) is 11.6 Å². The van der Waals surface area contributed by atoms with Crippen LogP contribution in [-0.4, -0.2) is 28.4 Å². The molecule has 1 atom stereocenters. The Morgan fingerprint density at radius 3 is 2.60 bits per heavy atom. The Morgan fingerprint density at radius 2 is 1.92 bits per heavy atom. The minimum atomic E-state index is -0.765. The number of carbonyl (C=O) groups is 1. The number of phenolic OH excluding ortho intramolecular Hbond substituents is 1. The molecule has 128 valence electrons. The number of aromatic hydroxyl groups is 1. The monoisotopic (exact) mass is 340 g/mol. The van der Waals surface area contributed by atoms with E-state index in [-0.39, 0.29) is 17.2 Å². The lowest BCUT2D eigenvalue weighted by Gasteiger charge is -2.11. The fraction of sp³-hybridized carbons (Fsp3) is 0.167. The second kappa shape index (κ2) is 7.04. The predicted molar refractivity (Wildman–Crippen MR) is 88.2 cm³/mol. The molecule has 7 heteroatoms. The number of aromatic nitrogens is 2. The number of benzene rings is 2. The highest BCUT2D eigenvalue weighted by molar-refractivity contribution is 5.92. The Morgan fingerprint density at radius 1 is 1.16 bits per heavy atom. The van der Waals surface area contributed by atoms with Crippen molar-refractivity contribution in [2.75, 3.05) is 7.11 Å². The second-order valence-corrected chi connectivity index (χ2v) is 5.24. The molecule has 2 aromatic carbocycles. The Bertz CT molecular complexity index is 876. The SMILES string of the molecule is COc1ccc(C(=O)O[C@@H](C)c2nnc(-c3ccccc3)o2)c(O)c1. The molecular weight excluding hydrogens is 324 g/mol. The molecule has 0 amide bonds. The summed E-state index contributed by atoms with van der Waals surface area (Å²) in [7, 11) is 1.47. The van der Waals surface area contributed by atoms with Crippen LogP contribution >= 0.6 is 0 Å². The maximum Gasteiger partial charge on any atom is 0.342 e. The summed E-state index contributed by atoms with van der Waals surface area (Å²) < 4.78 is 15.8. The van der Waals surface area contributed by atoms with E-state index in [1.54, 1.807) is 13.0 Å². The van der Waals surface area contributed by atoms with Gasteiger partial charge in [0.2, 0.25) is 5.89 Å². The minimum absolute atomic E-state index is 0.0236. The van der Waals surface area contributed by atoms with Gasteiger partial charge in [-0.3, -0.25) is 0 Å². The van der Waals surface area contributed by atoms with E-state index in [0.717, 1.165) is 5.56 Å². The van der Waals surface area contributed by atoms with Crippen LogP contribution in [-0.2, 0) is 4.74 Å². The summed E-state index contributed by atoms with van der Waals surface area (Å²) in [6, 6.07) is 13.6. The van der Waals surface area contributed by atoms with Gasteiger partial charge in [0.1, 0.15) is 17.1 Å². The van der Waals surface area contributed by atoms with E-state index in [1.165, 1.54) is 19.2 Å². The van der Waals surface area contributed by atoms with Crippen LogP contribution in [0.5, 0.6) is 11.5 Å². The van der Waals surface area contributed by atoms with Gasteiger partial charge >= 0.3 is 5.97 Å². The number of hydrogen-bond acceptors (Lipinski definition) is 7. The molecule has 0 radical (unpaired) electrons. The fourth-order valence-electron chi connectivity index (χ4n) is 2.18. The molecule has 0 spiro atoms. The van der Waals surface area contributed by atoms with Gasteiger partial charge in [-0.05, 0) is 31.2 Å². The summed E-state index contributed by atoms with van der Waals surface area (Å²) in [5.41, 5.74) is 0.794. The maximum atomic E-state index is 12.2. The third kappa shape index (κ3) is 3.60. The summed E-state index contributed by atoms with van der Waals surface area (Å²) >= 11 is 0. The van der Waals surface area contributed by atoms with Crippen LogP contribution in [0.25, 0.3) is 11.5 Å². The molecular formula is C18H16N2O5. The smallest absolute Gasteiger partial charge is 0.342 e. The first kappa shape index (κ1) is 16.5. The van der Waals surface area contributed by atoms with E-state index < -0.39 is 12.1 Å². The summed E-state index contributed by atoms with van der Waals surface area (Å²) in [6.45, 7) is 1.61. The summed E-state index contributed by atoms with van der Waals surface area (Å²) in [5, 5.41) is 17.8. The molecule has 1 N–H and O–H groups in total. The molecule has 3 aromatic rings. The number of nitrogens with zero attached hydrogens (tertiary/aromatic N) is 2. The first-order chi connectivity index (χ1) is 12.1. The molecule has 0 bridgehead atoms. The van der Waals surface area contributed by atoms with Crippen LogP contribution < -0.4 is 4.74 Å². The highest BCUT2D eigenvalue weighted by Gasteiger charge is 2.21. The van der Waals surface area contributed by atoms with Crippen molar-refractivity contribution in [3.8, 4) is 23.0 Å². The zero-order valence-corrected chi connectivity index (χ0v) is 13.7. The number of ether oxygens (including phenoxy) is 2. The third-order valence-electron chi connectivity index (χ3n) is 3.52. The van der Waals surface area contributed by atoms with Gasteiger partial charge in [0.25, 0.3) is 5.89 Å². The Kier molecular flexibility index (Phi) is 4.65. The molecule has 0 aliphatic heterocycles. The van der Waals surface area contributed by atoms with Gasteiger partial charge in [-0.25, -0.2) is 4.79 Å². The zero-order chi connectivity index (χ0) is 17.8. The Balaban J connectivity index is 1.73. The largest absolute Gasteiger partial charge is 0.507 e. The summed E-state index contributed by atoms with van der Waals surface area (Å²) in [5.74, 6) is 0.0108. The van der Waals surface area contributed by atoms with Crippen molar-refractivity contribution in [3.63, 3.8) is 0 Å². The summed E-state index contributed by atoms with van der Waals surface area (Å²) in [4.78, 5) is 12.2. The van der Waals surface area contributed by atoms with Gasteiger partial charge in [0.15, 0.2) is 6.10 Å². The van der Waals surface area contributed by atoms with Crippen LogP contribution in [0.1, 0.15) is 29.3 Å². The first-order valence-corrected chi connectivity index (χ1v) is 7.55. The number of methoxy groups -OCH3 is 1. The van der Waals surface area contributed by atoms with E-state index in [1.807, 2.05) is 30.3 Å². The van der Waals surface area contributed by atoms with E-state index in [2.05, 4.69) is 10.2 Å². The van der Waals surface area contributed by atoms with Crippen molar-refractivity contribution in [2.24, 2.45) is 0 Å². The predicted octanol–water partition coefficient (Wildman–Crippen LogP) is 3.37. The molecule has 1 heterocycles. The quantitative estimate of drug-likeness (QED) is 0.711. The zero-order valence-electron chi connectivity index (χ0n) is 13.7. The standard InChI is InChI=1S/C18H16N2O5/c1-11(16-19-20-17(25-16)12-6-4-3-5-7-12)24-18(22)14-9-8-13(23-2)10-15(14)21/h3-11,21H,1-2H3/t11-/m0/s1. The average Bonchev–Trinajstić information content (AvgIpc) is 3.12. The lowest BCUT2D eigenvalue weighted by atomic mass is 10.2. The van der Waals surface area contributed by atoms with Gasteiger partial charge in [-0.15, -0.1) is 10.2 Å². The second-order valence-electron chi connectivity index (χ2n) is 5.24. The van der Waals surface area contributed by atoms with Crippen molar-refractivity contribution in [2.45, 2.75) is 13.0 Å². The highest BCUT2D eigenvalue weighted by Crippen LogP contribution is 2.27. The van der Waals surface area contributed by atoms with Crippen LogP contribution in [0.3, 0.4) is 0 Å². The molecule has 0 aliphatic carbocycles.